The van der Waals surface area contributed by atoms with Gasteiger partial charge in [-0.2, -0.15) is 0 Å². The van der Waals surface area contributed by atoms with Crippen molar-refractivity contribution < 1.29 is 5.11 Å². The molecule has 3 nitrogen and oxygen atoms in total. The fraction of sp³-hybridized carbons (Fsp3) is 0.167. The molecule has 4 heteroatoms. The standard InChI is InChI=1S/C6H6ClNO2/c1-3-4(9)2-5(7)8-6(3)10/h2H,1H3,(H2,8,9,10). The molecule has 1 heterocycles. The Morgan fingerprint density at radius 3 is 2.80 bits per heavy atom. The lowest BCUT2D eigenvalue weighted by molar-refractivity contribution is 0.469. The summed E-state index contributed by atoms with van der Waals surface area (Å²) in [7, 11) is 0. The minimum absolute atomic E-state index is 0.0752. The fourth-order valence-electron chi connectivity index (χ4n) is 0.583. The van der Waals surface area contributed by atoms with Gasteiger partial charge in [0, 0.05) is 6.07 Å². The molecule has 0 amide bonds. The van der Waals surface area contributed by atoms with Crippen molar-refractivity contribution in [1.82, 2.24) is 4.98 Å². The summed E-state index contributed by atoms with van der Waals surface area (Å²) in [4.78, 5) is 13.1. The van der Waals surface area contributed by atoms with Crippen LogP contribution < -0.4 is 5.56 Å². The zero-order valence-corrected chi connectivity index (χ0v) is 6.07. The largest absolute Gasteiger partial charge is 0.507 e. The number of pyridine rings is 1. The van der Waals surface area contributed by atoms with Crippen LogP contribution in [0.3, 0.4) is 0 Å². The van der Waals surface area contributed by atoms with E-state index in [-0.39, 0.29) is 22.0 Å². The Bertz CT molecular complexity index is 305. The lowest BCUT2D eigenvalue weighted by Crippen LogP contribution is -2.08. The first-order valence-electron chi connectivity index (χ1n) is 2.69. The summed E-state index contributed by atoms with van der Waals surface area (Å²) < 4.78 is 0. The van der Waals surface area contributed by atoms with Gasteiger partial charge in [0.05, 0.1) is 5.56 Å². The van der Waals surface area contributed by atoms with Crippen molar-refractivity contribution in [2.24, 2.45) is 0 Å². The highest BCUT2D eigenvalue weighted by molar-refractivity contribution is 6.29. The first-order chi connectivity index (χ1) is 4.61. The summed E-state index contributed by atoms with van der Waals surface area (Å²) in [5, 5.41) is 9.12. The SMILES string of the molecule is Cc1c(O)cc(Cl)[nH]c1=O. The Kier molecular flexibility index (Phi) is 1.68. The monoisotopic (exact) mass is 159 g/mol. The Labute approximate surface area is 62.3 Å². The van der Waals surface area contributed by atoms with Gasteiger partial charge in [0.2, 0.25) is 0 Å². The zero-order chi connectivity index (χ0) is 7.72. The molecule has 0 bridgehead atoms. The summed E-state index contributed by atoms with van der Waals surface area (Å²) in [6, 6.07) is 1.29. The molecule has 0 aromatic carbocycles. The molecular formula is C6H6ClNO2. The minimum atomic E-state index is -0.356. The number of H-pyrrole nitrogens is 1. The van der Waals surface area contributed by atoms with Gasteiger partial charge in [-0.05, 0) is 6.92 Å². The maximum atomic E-state index is 10.8. The van der Waals surface area contributed by atoms with Crippen molar-refractivity contribution in [3.05, 3.63) is 27.1 Å². The van der Waals surface area contributed by atoms with Gasteiger partial charge >= 0.3 is 0 Å². The minimum Gasteiger partial charge on any atom is -0.507 e. The molecule has 0 unspecified atom stereocenters. The zero-order valence-electron chi connectivity index (χ0n) is 5.31. The van der Waals surface area contributed by atoms with Crippen LogP contribution in [0.2, 0.25) is 5.15 Å². The normalized spacial score (nSPS) is 9.80. The molecule has 0 saturated heterocycles. The molecule has 0 radical (unpaired) electrons. The average molecular weight is 160 g/mol. The summed E-state index contributed by atoms with van der Waals surface area (Å²) in [6.07, 6.45) is 0. The van der Waals surface area contributed by atoms with Crippen LogP contribution >= 0.6 is 11.6 Å². The maximum Gasteiger partial charge on any atom is 0.255 e. The van der Waals surface area contributed by atoms with E-state index in [1.807, 2.05) is 0 Å². The summed E-state index contributed by atoms with van der Waals surface area (Å²) >= 11 is 5.41. The van der Waals surface area contributed by atoms with Crippen molar-refractivity contribution in [2.75, 3.05) is 0 Å². The third-order valence-corrected chi connectivity index (χ3v) is 1.42. The van der Waals surface area contributed by atoms with E-state index in [4.69, 9.17) is 16.7 Å². The van der Waals surface area contributed by atoms with E-state index < -0.39 is 0 Å². The molecule has 2 N–H and O–H groups in total. The fourth-order valence-corrected chi connectivity index (χ4v) is 0.772. The number of hydrogen-bond acceptors (Lipinski definition) is 2. The van der Waals surface area contributed by atoms with Gasteiger partial charge in [-0.3, -0.25) is 4.79 Å². The van der Waals surface area contributed by atoms with Crippen LogP contribution in [-0.2, 0) is 0 Å². The van der Waals surface area contributed by atoms with E-state index in [2.05, 4.69) is 4.98 Å². The smallest absolute Gasteiger partial charge is 0.255 e. The molecule has 0 fully saturated rings. The molecular weight excluding hydrogens is 154 g/mol. The molecule has 1 rings (SSSR count). The van der Waals surface area contributed by atoms with Gasteiger partial charge < -0.3 is 10.1 Å². The van der Waals surface area contributed by atoms with Crippen LogP contribution in [-0.4, -0.2) is 10.1 Å². The van der Waals surface area contributed by atoms with Crippen molar-refractivity contribution >= 4 is 11.6 Å². The summed E-state index contributed by atoms with van der Waals surface area (Å²) in [5.74, 6) is -0.0752. The van der Waals surface area contributed by atoms with E-state index >= 15 is 0 Å². The van der Waals surface area contributed by atoms with Crippen LogP contribution in [0.5, 0.6) is 5.75 Å². The number of aromatic amines is 1. The Morgan fingerprint density at radius 1 is 1.70 bits per heavy atom. The first-order valence-corrected chi connectivity index (χ1v) is 3.07. The second-order valence-corrected chi connectivity index (χ2v) is 2.36. The van der Waals surface area contributed by atoms with Crippen LogP contribution in [0.4, 0.5) is 0 Å². The molecule has 1 aromatic rings. The van der Waals surface area contributed by atoms with Crippen LogP contribution in [0.15, 0.2) is 10.9 Å². The van der Waals surface area contributed by atoms with Gasteiger partial charge in [0.25, 0.3) is 5.56 Å². The van der Waals surface area contributed by atoms with E-state index in [1.165, 1.54) is 13.0 Å². The number of nitrogens with one attached hydrogen (secondary N) is 1. The first kappa shape index (κ1) is 7.15. The van der Waals surface area contributed by atoms with Crippen LogP contribution in [0, 0.1) is 6.92 Å². The molecule has 0 atom stereocenters. The van der Waals surface area contributed by atoms with Gasteiger partial charge in [-0.1, -0.05) is 11.6 Å². The highest BCUT2D eigenvalue weighted by Crippen LogP contribution is 2.13. The lowest BCUT2D eigenvalue weighted by Gasteiger charge is -1.95. The second kappa shape index (κ2) is 2.34. The van der Waals surface area contributed by atoms with Crippen molar-refractivity contribution in [2.45, 2.75) is 6.92 Å². The molecule has 0 aliphatic rings. The van der Waals surface area contributed by atoms with Gasteiger partial charge in [0.1, 0.15) is 10.9 Å². The third-order valence-electron chi connectivity index (χ3n) is 1.22. The molecule has 0 aliphatic carbocycles. The van der Waals surface area contributed by atoms with Crippen molar-refractivity contribution in [1.29, 1.82) is 0 Å². The number of hydrogen-bond donors (Lipinski definition) is 2. The number of aromatic hydroxyl groups is 1. The molecule has 10 heavy (non-hydrogen) atoms. The van der Waals surface area contributed by atoms with Crippen molar-refractivity contribution in [3.63, 3.8) is 0 Å². The average Bonchev–Trinajstić information content (AvgIpc) is 1.82. The Balaban J connectivity index is 3.46. The Hall–Kier alpha value is -0.960. The van der Waals surface area contributed by atoms with E-state index in [0.29, 0.717) is 0 Å². The van der Waals surface area contributed by atoms with E-state index in [0.717, 1.165) is 0 Å². The van der Waals surface area contributed by atoms with Crippen LogP contribution in [0.25, 0.3) is 0 Å². The predicted molar refractivity (Wildman–Crippen MR) is 38.5 cm³/mol. The number of aromatic nitrogens is 1. The van der Waals surface area contributed by atoms with Gasteiger partial charge in [-0.15, -0.1) is 0 Å². The van der Waals surface area contributed by atoms with Gasteiger partial charge in [0.15, 0.2) is 0 Å². The number of halogens is 1. The third kappa shape index (κ3) is 1.14. The highest BCUT2D eigenvalue weighted by atomic mass is 35.5. The van der Waals surface area contributed by atoms with Gasteiger partial charge in [-0.25, -0.2) is 0 Å². The van der Waals surface area contributed by atoms with Crippen molar-refractivity contribution in [3.8, 4) is 5.75 Å². The lowest BCUT2D eigenvalue weighted by atomic mass is 10.3. The predicted octanol–water partition coefficient (Wildman–Crippen LogP) is 1.04. The maximum absolute atomic E-state index is 10.8. The highest BCUT2D eigenvalue weighted by Gasteiger charge is 2.00. The second-order valence-electron chi connectivity index (χ2n) is 1.96. The molecule has 1 aromatic heterocycles. The molecule has 0 aliphatic heterocycles. The quantitative estimate of drug-likeness (QED) is 0.556. The Morgan fingerprint density at radius 2 is 2.30 bits per heavy atom. The van der Waals surface area contributed by atoms with E-state index in [1.54, 1.807) is 0 Å². The summed E-state index contributed by atoms with van der Waals surface area (Å²) in [5.41, 5.74) is -0.0746. The molecule has 0 saturated carbocycles. The topological polar surface area (TPSA) is 53.1 Å². The summed E-state index contributed by atoms with van der Waals surface area (Å²) in [6.45, 7) is 1.52. The number of rotatable bonds is 0. The van der Waals surface area contributed by atoms with E-state index in [9.17, 15) is 4.79 Å². The molecule has 54 valence electrons. The van der Waals surface area contributed by atoms with Crippen LogP contribution in [0.1, 0.15) is 5.56 Å². The molecule has 0 spiro atoms.